The first-order valence-electron chi connectivity index (χ1n) is 8.67. The van der Waals surface area contributed by atoms with Crippen LogP contribution < -0.4 is 15.8 Å². The number of ether oxygens (including phenoxy) is 1. The number of benzene rings is 1. The van der Waals surface area contributed by atoms with Crippen molar-refractivity contribution in [3.8, 4) is 0 Å². The third-order valence-corrected chi connectivity index (χ3v) is 4.13. The molecule has 1 fully saturated rings. The minimum Gasteiger partial charge on any atom is -0.449 e. The largest absolute Gasteiger partial charge is 0.449 e. The summed E-state index contributed by atoms with van der Waals surface area (Å²) in [4.78, 5) is 37.1. The van der Waals surface area contributed by atoms with E-state index < -0.39 is 17.9 Å². The number of nitrogens with one attached hydrogen (secondary N) is 2. The zero-order valence-electron chi connectivity index (χ0n) is 14.7. The number of aryl methyl sites for hydroxylation is 1. The van der Waals surface area contributed by atoms with Crippen molar-refractivity contribution in [2.24, 2.45) is 5.92 Å². The number of unbranched alkanes of at least 4 members (excludes halogenated alkanes) is 1. The second-order valence-corrected chi connectivity index (χ2v) is 6.01. The van der Waals surface area contributed by atoms with E-state index in [0.717, 1.165) is 24.9 Å². The minimum atomic E-state index is -0.723. The molecule has 1 aliphatic rings. The summed E-state index contributed by atoms with van der Waals surface area (Å²) in [5.41, 5.74) is 6.49. The van der Waals surface area contributed by atoms with Crippen molar-refractivity contribution in [1.82, 2.24) is 10.9 Å². The van der Waals surface area contributed by atoms with Crippen LogP contribution in [0.5, 0.6) is 0 Å². The molecule has 7 nitrogen and oxygen atoms in total. The first kappa shape index (κ1) is 18.8. The molecule has 2 N–H and O–H groups in total. The van der Waals surface area contributed by atoms with Crippen molar-refractivity contribution in [3.05, 3.63) is 29.8 Å². The van der Waals surface area contributed by atoms with Crippen LogP contribution in [0.2, 0.25) is 0 Å². The van der Waals surface area contributed by atoms with Crippen molar-refractivity contribution < 1.29 is 19.1 Å². The predicted molar refractivity (Wildman–Crippen MR) is 93.8 cm³/mol. The lowest BCUT2D eigenvalue weighted by Crippen LogP contribution is -2.45. The van der Waals surface area contributed by atoms with Crippen molar-refractivity contribution in [1.29, 1.82) is 0 Å². The van der Waals surface area contributed by atoms with Crippen LogP contribution in [0.1, 0.15) is 38.7 Å². The van der Waals surface area contributed by atoms with Gasteiger partial charge in [0.1, 0.15) is 0 Å². The van der Waals surface area contributed by atoms with Gasteiger partial charge < -0.3 is 9.64 Å². The maximum absolute atomic E-state index is 12.2. The lowest BCUT2D eigenvalue weighted by molar-refractivity contribution is -0.127. The van der Waals surface area contributed by atoms with E-state index >= 15 is 0 Å². The maximum atomic E-state index is 12.2. The Morgan fingerprint density at radius 2 is 1.92 bits per heavy atom. The number of anilines is 1. The SMILES string of the molecule is CCCCc1ccc(N2CC(C(=O)NNC(=O)OCC)CC2=O)cc1. The average molecular weight is 347 g/mol. The average Bonchev–Trinajstić information content (AvgIpc) is 3.00. The van der Waals surface area contributed by atoms with Crippen LogP contribution in [-0.4, -0.2) is 31.1 Å². The summed E-state index contributed by atoms with van der Waals surface area (Å²) in [6, 6.07) is 7.88. The lowest BCUT2D eigenvalue weighted by Gasteiger charge is -2.17. The highest BCUT2D eigenvalue weighted by molar-refractivity contribution is 6.00. The van der Waals surface area contributed by atoms with Gasteiger partial charge in [0.25, 0.3) is 0 Å². The van der Waals surface area contributed by atoms with Crippen LogP contribution >= 0.6 is 0 Å². The smallest absolute Gasteiger partial charge is 0.426 e. The van der Waals surface area contributed by atoms with Gasteiger partial charge in [-0.25, -0.2) is 10.2 Å². The number of rotatable bonds is 6. The molecule has 1 aromatic rings. The summed E-state index contributed by atoms with van der Waals surface area (Å²) < 4.78 is 4.66. The van der Waals surface area contributed by atoms with Gasteiger partial charge in [0.2, 0.25) is 11.8 Å². The Hall–Kier alpha value is -2.57. The van der Waals surface area contributed by atoms with Gasteiger partial charge in [0.05, 0.1) is 12.5 Å². The third kappa shape index (κ3) is 5.20. The summed E-state index contributed by atoms with van der Waals surface area (Å²) in [5.74, 6) is -1.00. The normalized spacial score (nSPS) is 16.6. The standard InChI is InChI=1S/C18H25N3O4/c1-3-5-6-13-7-9-15(10-8-13)21-12-14(11-16(21)22)17(23)19-20-18(24)25-4-2/h7-10,14H,3-6,11-12H2,1-2H3,(H,19,23)(H,20,24). The molecule has 0 aromatic heterocycles. The summed E-state index contributed by atoms with van der Waals surface area (Å²) in [6.07, 6.45) is 2.70. The van der Waals surface area contributed by atoms with Crippen molar-refractivity contribution in [3.63, 3.8) is 0 Å². The number of amides is 3. The van der Waals surface area contributed by atoms with E-state index in [-0.39, 0.29) is 18.9 Å². The van der Waals surface area contributed by atoms with E-state index in [1.54, 1.807) is 11.8 Å². The lowest BCUT2D eigenvalue weighted by atomic mass is 10.1. The molecule has 2 rings (SSSR count). The topological polar surface area (TPSA) is 87.7 Å². The molecule has 0 radical (unpaired) electrons. The molecular formula is C18H25N3O4. The fourth-order valence-electron chi connectivity index (χ4n) is 2.74. The Labute approximate surface area is 147 Å². The van der Waals surface area contributed by atoms with Gasteiger partial charge in [0, 0.05) is 18.7 Å². The Kier molecular flexibility index (Phi) is 6.80. The zero-order valence-corrected chi connectivity index (χ0v) is 14.7. The molecule has 1 heterocycles. The highest BCUT2D eigenvalue weighted by atomic mass is 16.5. The van der Waals surface area contributed by atoms with Gasteiger partial charge in [-0.3, -0.25) is 15.0 Å². The van der Waals surface area contributed by atoms with Crippen LogP contribution in [0.4, 0.5) is 10.5 Å². The highest BCUT2D eigenvalue weighted by Crippen LogP contribution is 2.25. The molecule has 0 bridgehead atoms. The number of hydrogen-bond donors (Lipinski definition) is 2. The molecule has 0 saturated carbocycles. The number of carbonyl (C=O) groups is 3. The molecular weight excluding hydrogens is 322 g/mol. The van der Waals surface area contributed by atoms with E-state index in [0.29, 0.717) is 6.54 Å². The minimum absolute atomic E-state index is 0.0995. The first-order chi connectivity index (χ1) is 12.0. The molecule has 1 unspecified atom stereocenters. The molecule has 0 aliphatic carbocycles. The number of hydrazine groups is 1. The second kappa shape index (κ2) is 9.05. The molecule has 25 heavy (non-hydrogen) atoms. The predicted octanol–water partition coefficient (Wildman–Crippen LogP) is 2.16. The molecule has 1 atom stereocenters. The fourth-order valence-corrected chi connectivity index (χ4v) is 2.74. The molecule has 7 heteroatoms. The van der Waals surface area contributed by atoms with Crippen molar-refractivity contribution in [2.45, 2.75) is 39.5 Å². The molecule has 1 aromatic carbocycles. The monoisotopic (exact) mass is 347 g/mol. The third-order valence-electron chi connectivity index (χ3n) is 4.13. The zero-order chi connectivity index (χ0) is 18.2. The second-order valence-electron chi connectivity index (χ2n) is 6.01. The molecule has 0 spiro atoms. The van der Waals surface area contributed by atoms with Crippen molar-refractivity contribution in [2.75, 3.05) is 18.1 Å². The van der Waals surface area contributed by atoms with E-state index in [4.69, 9.17) is 0 Å². The Balaban J connectivity index is 1.90. The van der Waals surface area contributed by atoms with Gasteiger partial charge >= 0.3 is 6.09 Å². The summed E-state index contributed by atoms with van der Waals surface area (Å²) in [5, 5.41) is 0. The number of nitrogens with zero attached hydrogens (tertiary/aromatic N) is 1. The van der Waals surface area contributed by atoms with E-state index in [9.17, 15) is 14.4 Å². The van der Waals surface area contributed by atoms with Gasteiger partial charge in [-0.15, -0.1) is 0 Å². The van der Waals surface area contributed by atoms with E-state index in [1.165, 1.54) is 5.56 Å². The molecule has 136 valence electrons. The Morgan fingerprint density at radius 1 is 1.20 bits per heavy atom. The number of hydrogen-bond acceptors (Lipinski definition) is 4. The first-order valence-corrected chi connectivity index (χ1v) is 8.67. The molecule has 1 saturated heterocycles. The van der Waals surface area contributed by atoms with Crippen LogP contribution in [0.3, 0.4) is 0 Å². The number of carbonyl (C=O) groups excluding carboxylic acids is 3. The van der Waals surface area contributed by atoms with E-state index in [2.05, 4.69) is 22.5 Å². The quantitative estimate of drug-likeness (QED) is 0.772. The Bertz CT molecular complexity index is 615. The van der Waals surface area contributed by atoms with Crippen molar-refractivity contribution >= 4 is 23.6 Å². The van der Waals surface area contributed by atoms with Crippen LogP contribution in [-0.2, 0) is 20.7 Å². The van der Waals surface area contributed by atoms with E-state index in [1.807, 2.05) is 24.3 Å². The van der Waals surface area contributed by atoms with Gasteiger partial charge in [-0.2, -0.15) is 0 Å². The van der Waals surface area contributed by atoms with Crippen LogP contribution in [0, 0.1) is 5.92 Å². The molecule has 3 amide bonds. The maximum Gasteiger partial charge on any atom is 0.426 e. The van der Waals surface area contributed by atoms with Gasteiger partial charge in [-0.1, -0.05) is 25.5 Å². The van der Waals surface area contributed by atoms with Gasteiger partial charge in [0.15, 0.2) is 0 Å². The fraction of sp³-hybridized carbons (Fsp3) is 0.500. The van der Waals surface area contributed by atoms with Crippen LogP contribution in [0.25, 0.3) is 0 Å². The summed E-state index contributed by atoms with van der Waals surface area (Å²) >= 11 is 0. The Morgan fingerprint density at radius 3 is 2.56 bits per heavy atom. The van der Waals surface area contributed by atoms with Gasteiger partial charge in [-0.05, 0) is 37.5 Å². The summed E-state index contributed by atoms with van der Waals surface area (Å²) in [7, 11) is 0. The highest BCUT2D eigenvalue weighted by Gasteiger charge is 2.35. The summed E-state index contributed by atoms with van der Waals surface area (Å²) in [6.45, 7) is 4.33. The molecule has 1 aliphatic heterocycles. The van der Waals surface area contributed by atoms with Crippen LogP contribution in [0.15, 0.2) is 24.3 Å².